The largest absolute Gasteiger partial charge is 0.460 e. The summed E-state index contributed by atoms with van der Waals surface area (Å²) in [4.78, 5) is 15.7. The number of nitrogens with zero attached hydrogens (tertiary/aromatic N) is 1. The lowest BCUT2D eigenvalue weighted by Gasteiger charge is -2.44. The highest BCUT2D eigenvalue weighted by Gasteiger charge is 2.41. The van der Waals surface area contributed by atoms with Gasteiger partial charge in [0.15, 0.2) is 0 Å². The van der Waals surface area contributed by atoms with Gasteiger partial charge in [-0.2, -0.15) is 0 Å². The van der Waals surface area contributed by atoms with E-state index in [-0.39, 0.29) is 24.0 Å². The zero-order valence-corrected chi connectivity index (χ0v) is 15.5. The van der Waals surface area contributed by atoms with E-state index in [1.807, 2.05) is 18.2 Å². The van der Waals surface area contributed by atoms with Crippen molar-refractivity contribution in [1.82, 2.24) is 10.2 Å². The third kappa shape index (κ3) is 3.17. The van der Waals surface area contributed by atoms with Gasteiger partial charge in [-0.25, -0.2) is 0 Å². The number of benzene rings is 2. The molecule has 0 aromatic heterocycles. The molecule has 3 saturated heterocycles. The molecule has 4 heteroatoms. The third-order valence-corrected chi connectivity index (χ3v) is 6.51. The SMILES string of the molecule is O=C(O[C@H]1CN2CCC1CC2)C1NCc2ccccc2[C@@H]1c1ccccc1. The van der Waals surface area contributed by atoms with E-state index in [2.05, 4.69) is 46.6 Å². The van der Waals surface area contributed by atoms with Gasteiger partial charge in [-0.15, -0.1) is 0 Å². The molecule has 2 aromatic carbocycles. The molecule has 0 saturated carbocycles. The topological polar surface area (TPSA) is 41.6 Å². The Labute approximate surface area is 160 Å². The smallest absolute Gasteiger partial charge is 0.324 e. The second-order valence-electron chi connectivity index (χ2n) is 8.06. The van der Waals surface area contributed by atoms with Crippen LogP contribution >= 0.6 is 0 Å². The fraction of sp³-hybridized carbons (Fsp3) is 0.435. The van der Waals surface area contributed by atoms with Crippen LogP contribution in [0.2, 0.25) is 0 Å². The van der Waals surface area contributed by atoms with Crippen molar-refractivity contribution in [3.05, 3.63) is 71.3 Å². The van der Waals surface area contributed by atoms with Crippen molar-refractivity contribution in [3.8, 4) is 0 Å². The Balaban J connectivity index is 1.43. The van der Waals surface area contributed by atoms with Crippen LogP contribution in [0.5, 0.6) is 0 Å². The van der Waals surface area contributed by atoms with E-state index >= 15 is 0 Å². The predicted octanol–water partition coefficient (Wildman–Crippen LogP) is 2.93. The number of ether oxygens (including phenoxy) is 1. The monoisotopic (exact) mass is 362 g/mol. The summed E-state index contributed by atoms with van der Waals surface area (Å²) < 4.78 is 6.09. The summed E-state index contributed by atoms with van der Waals surface area (Å²) in [5.41, 5.74) is 3.66. The van der Waals surface area contributed by atoms with Crippen LogP contribution in [0, 0.1) is 5.92 Å². The van der Waals surface area contributed by atoms with Crippen molar-refractivity contribution < 1.29 is 9.53 Å². The molecule has 1 N–H and O–H groups in total. The first-order valence-corrected chi connectivity index (χ1v) is 10.1. The van der Waals surface area contributed by atoms with Gasteiger partial charge in [-0.05, 0) is 48.5 Å². The highest BCUT2D eigenvalue weighted by atomic mass is 16.5. The Hall–Kier alpha value is -2.17. The summed E-state index contributed by atoms with van der Waals surface area (Å²) in [7, 11) is 0. The maximum atomic E-state index is 13.2. The van der Waals surface area contributed by atoms with Crippen molar-refractivity contribution in [3.63, 3.8) is 0 Å². The van der Waals surface area contributed by atoms with Crippen molar-refractivity contribution in [1.29, 1.82) is 0 Å². The Morgan fingerprint density at radius 3 is 2.48 bits per heavy atom. The zero-order chi connectivity index (χ0) is 18.2. The lowest BCUT2D eigenvalue weighted by molar-refractivity contribution is -0.162. The first-order valence-electron chi connectivity index (χ1n) is 10.1. The molecule has 2 bridgehead atoms. The van der Waals surface area contributed by atoms with E-state index in [0.29, 0.717) is 12.5 Å². The normalized spacial score (nSPS) is 31.9. The van der Waals surface area contributed by atoms with Crippen LogP contribution in [-0.4, -0.2) is 42.6 Å². The molecular formula is C23H26N2O2. The second-order valence-corrected chi connectivity index (χ2v) is 8.06. The van der Waals surface area contributed by atoms with Gasteiger partial charge in [0.1, 0.15) is 12.1 Å². The zero-order valence-electron chi connectivity index (χ0n) is 15.5. The van der Waals surface area contributed by atoms with Crippen molar-refractivity contribution in [2.24, 2.45) is 5.92 Å². The average Bonchev–Trinajstić information content (AvgIpc) is 2.74. The molecule has 0 radical (unpaired) electrons. The van der Waals surface area contributed by atoms with Crippen LogP contribution in [0.1, 0.15) is 35.4 Å². The minimum Gasteiger partial charge on any atom is -0.460 e. The maximum Gasteiger partial charge on any atom is 0.324 e. The Kier molecular flexibility index (Phi) is 4.46. The molecule has 140 valence electrons. The Bertz CT molecular complexity index is 814. The van der Waals surface area contributed by atoms with Gasteiger partial charge in [-0.3, -0.25) is 15.0 Å². The predicted molar refractivity (Wildman–Crippen MR) is 104 cm³/mol. The molecular weight excluding hydrogens is 336 g/mol. The van der Waals surface area contributed by atoms with Crippen molar-refractivity contribution >= 4 is 5.97 Å². The number of hydrogen-bond donors (Lipinski definition) is 1. The van der Waals surface area contributed by atoms with E-state index in [4.69, 9.17) is 4.74 Å². The number of hydrogen-bond acceptors (Lipinski definition) is 4. The van der Waals surface area contributed by atoms with Crippen LogP contribution in [0.3, 0.4) is 0 Å². The first kappa shape index (κ1) is 17.0. The van der Waals surface area contributed by atoms with E-state index in [1.54, 1.807) is 0 Å². The van der Waals surface area contributed by atoms with Crippen LogP contribution in [0.25, 0.3) is 0 Å². The molecule has 0 aliphatic carbocycles. The van der Waals surface area contributed by atoms with Crippen molar-refractivity contribution in [2.45, 2.75) is 37.5 Å². The number of carbonyl (C=O) groups is 1. The average molecular weight is 362 g/mol. The van der Waals surface area contributed by atoms with E-state index < -0.39 is 0 Å². The van der Waals surface area contributed by atoms with Gasteiger partial charge in [0.2, 0.25) is 0 Å². The second kappa shape index (κ2) is 7.10. The Morgan fingerprint density at radius 2 is 1.74 bits per heavy atom. The van der Waals surface area contributed by atoms with Crippen molar-refractivity contribution in [2.75, 3.05) is 19.6 Å². The number of carbonyl (C=O) groups excluding carboxylic acids is 1. The minimum absolute atomic E-state index is 0.00951. The quantitative estimate of drug-likeness (QED) is 0.853. The molecule has 0 spiro atoms. The van der Waals surface area contributed by atoms with Gasteiger partial charge in [0, 0.05) is 19.0 Å². The molecule has 4 aliphatic rings. The summed E-state index contributed by atoms with van der Waals surface area (Å²) in [6.45, 7) is 3.91. The van der Waals surface area contributed by atoms with Crippen LogP contribution in [0.15, 0.2) is 54.6 Å². The lowest BCUT2D eigenvalue weighted by Crippen LogP contribution is -2.54. The van der Waals surface area contributed by atoms with Crippen LogP contribution < -0.4 is 5.32 Å². The van der Waals surface area contributed by atoms with Gasteiger partial charge in [0.05, 0.1) is 0 Å². The molecule has 27 heavy (non-hydrogen) atoms. The number of esters is 1. The highest BCUT2D eigenvalue weighted by Crippen LogP contribution is 2.36. The van der Waals surface area contributed by atoms with E-state index in [0.717, 1.165) is 38.0 Å². The van der Waals surface area contributed by atoms with Gasteiger partial charge in [0.25, 0.3) is 0 Å². The molecule has 0 amide bonds. The summed E-state index contributed by atoms with van der Waals surface area (Å²) in [6, 6.07) is 18.4. The Morgan fingerprint density at radius 1 is 1.00 bits per heavy atom. The maximum absolute atomic E-state index is 13.2. The van der Waals surface area contributed by atoms with E-state index in [9.17, 15) is 4.79 Å². The van der Waals surface area contributed by atoms with Crippen LogP contribution in [-0.2, 0) is 16.1 Å². The molecule has 1 unspecified atom stereocenters. The fourth-order valence-corrected chi connectivity index (χ4v) is 5.03. The van der Waals surface area contributed by atoms with E-state index in [1.165, 1.54) is 11.1 Å². The molecule has 3 atom stereocenters. The lowest BCUT2D eigenvalue weighted by atomic mass is 9.80. The fourth-order valence-electron chi connectivity index (χ4n) is 5.03. The van der Waals surface area contributed by atoms with Gasteiger partial charge in [-0.1, -0.05) is 54.6 Å². The molecule has 6 rings (SSSR count). The number of fused-ring (bicyclic) bond motifs is 4. The molecule has 4 nitrogen and oxygen atoms in total. The highest BCUT2D eigenvalue weighted by molar-refractivity contribution is 5.79. The number of nitrogens with one attached hydrogen (secondary N) is 1. The summed E-state index contributed by atoms with van der Waals surface area (Å²) in [5, 5.41) is 3.47. The molecule has 4 heterocycles. The number of rotatable bonds is 3. The first-order chi connectivity index (χ1) is 13.3. The summed E-state index contributed by atoms with van der Waals surface area (Å²) >= 11 is 0. The summed E-state index contributed by atoms with van der Waals surface area (Å²) in [6.07, 6.45) is 2.36. The summed E-state index contributed by atoms with van der Waals surface area (Å²) in [5.74, 6) is 0.423. The standard InChI is InChI=1S/C23H26N2O2/c26-23(27-20-15-25-12-10-16(20)11-13-25)22-21(17-6-2-1-3-7-17)19-9-5-4-8-18(19)14-24-22/h1-9,16,20-22,24H,10-15H2/t20-,21-,22?/m0/s1. The van der Waals surface area contributed by atoms with Gasteiger partial charge < -0.3 is 4.74 Å². The number of piperidine rings is 3. The van der Waals surface area contributed by atoms with Crippen LogP contribution in [0.4, 0.5) is 0 Å². The molecule has 2 aromatic rings. The third-order valence-electron chi connectivity index (χ3n) is 6.51. The molecule has 4 aliphatic heterocycles. The minimum atomic E-state index is -0.335. The molecule has 3 fully saturated rings. The van der Waals surface area contributed by atoms with Gasteiger partial charge >= 0.3 is 5.97 Å².